The van der Waals surface area contributed by atoms with Crippen molar-refractivity contribution in [1.29, 1.82) is 0 Å². The zero-order valence-corrected chi connectivity index (χ0v) is 36.0. The van der Waals surface area contributed by atoms with Gasteiger partial charge >= 0.3 is 317 Å². The first-order chi connectivity index (χ1) is 23.9. The molecule has 0 radical (unpaired) electrons. The van der Waals surface area contributed by atoms with Crippen molar-refractivity contribution >= 4 is 51.2 Å². The van der Waals surface area contributed by atoms with Gasteiger partial charge in [-0.3, -0.25) is 0 Å². The Bertz CT molecular complexity index is 2380. The standard InChI is InChI=1S/C21H12Cl2.C21H25.C5H5.2ClH.Zr/c22-18-10-14-5-1-3-7-20(14)16(12-18)9-17-13-19(23)11-15-6-2-4-8-21(15)17;1-20(2,3)16-9-7-14-11-15-8-10-17(21(4,5)6)13-19(15)18(14)12-16;1-2-4-5-3-1;;;/h1-8,10-13H;7,9-10,12-13H,11H2,1-6H3;1-3H,4H2;2*1H;/q;;;;;+2/p-2. The van der Waals surface area contributed by atoms with Crippen molar-refractivity contribution in [3.8, 4) is 11.1 Å². The zero-order chi connectivity index (χ0) is 34.9. The molecule has 0 aliphatic heterocycles. The van der Waals surface area contributed by atoms with Crippen molar-refractivity contribution in [3.63, 3.8) is 0 Å². The topological polar surface area (TPSA) is 0 Å². The van der Waals surface area contributed by atoms with Gasteiger partial charge in [-0.05, 0) is 0 Å². The number of allylic oxidation sites excluding steroid dienone is 4. The van der Waals surface area contributed by atoms with Crippen LogP contribution in [0.25, 0.3) is 32.7 Å². The van der Waals surface area contributed by atoms with E-state index in [9.17, 15) is 0 Å². The number of hydrogen-bond donors (Lipinski definition) is 0. The summed E-state index contributed by atoms with van der Waals surface area (Å²) in [7, 11) is 0. The minimum Gasteiger partial charge on any atom is -1.00 e. The van der Waals surface area contributed by atoms with Crippen LogP contribution in [0.2, 0.25) is 10.0 Å². The second-order valence-corrected chi connectivity index (χ2v) is 22.9. The SMILES string of the molecule is CC(C)(C)c1ccc2c(c1)-c1cc(C(C)(C)C)c[c]([Zr+2]([C]3=CC=CC3)=[C](c3cc(Cl)cc4ccccc34)c3cc(Cl)cc4ccccc34)c1C2.[Cl-].[Cl-]. The fourth-order valence-corrected chi connectivity index (χ4v) is 16.4. The number of halogens is 4. The minimum absolute atomic E-state index is 0. The summed E-state index contributed by atoms with van der Waals surface area (Å²) >= 11 is 11.0. The molecule has 262 valence electrons. The Morgan fingerprint density at radius 3 is 1.71 bits per heavy atom. The molecule has 5 heteroatoms. The van der Waals surface area contributed by atoms with Crippen LogP contribution in [0.1, 0.15) is 81.3 Å². The van der Waals surface area contributed by atoms with Crippen LogP contribution in [0.15, 0.2) is 125 Å². The van der Waals surface area contributed by atoms with E-state index in [2.05, 4.69) is 163 Å². The molecule has 0 heterocycles. The maximum absolute atomic E-state index is 7.06. The fraction of sp³-hybridized carbons (Fsp3) is 0.213. The van der Waals surface area contributed by atoms with Crippen molar-refractivity contribution in [2.75, 3.05) is 0 Å². The molecule has 0 bridgehead atoms. The van der Waals surface area contributed by atoms with Gasteiger partial charge in [-0.2, -0.15) is 0 Å². The van der Waals surface area contributed by atoms with E-state index in [4.69, 9.17) is 23.2 Å². The summed E-state index contributed by atoms with van der Waals surface area (Å²) in [6.45, 7) is 14.0. The monoisotopic (exact) mass is 836 g/mol. The number of rotatable bonds is 4. The van der Waals surface area contributed by atoms with Crippen LogP contribution in [-0.2, 0) is 38.5 Å². The fourth-order valence-electron chi connectivity index (χ4n) is 7.87. The van der Waals surface area contributed by atoms with Gasteiger partial charge in [0.05, 0.1) is 0 Å². The number of benzene rings is 6. The molecule has 0 atom stereocenters. The Labute approximate surface area is 338 Å². The smallest absolute Gasteiger partial charge is 1.00 e. The summed E-state index contributed by atoms with van der Waals surface area (Å²) in [5, 5.41) is 6.33. The first-order valence-corrected chi connectivity index (χ1v) is 22.1. The van der Waals surface area contributed by atoms with Crippen LogP contribution >= 0.6 is 23.2 Å². The molecule has 6 aromatic carbocycles. The van der Waals surface area contributed by atoms with E-state index in [0.717, 1.165) is 33.7 Å². The average Bonchev–Trinajstić information content (AvgIpc) is 3.73. The Morgan fingerprint density at radius 2 is 1.17 bits per heavy atom. The van der Waals surface area contributed by atoms with E-state index in [1.54, 1.807) is 6.55 Å². The summed E-state index contributed by atoms with van der Waals surface area (Å²) in [6, 6.07) is 38.5. The summed E-state index contributed by atoms with van der Waals surface area (Å²) in [5.74, 6) is 0. The Balaban J connectivity index is 0.00000232. The van der Waals surface area contributed by atoms with E-state index in [-0.39, 0.29) is 35.6 Å². The predicted molar refractivity (Wildman–Crippen MR) is 215 cm³/mol. The second kappa shape index (κ2) is 14.8. The molecule has 0 amide bonds. The van der Waals surface area contributed by atoms with Gasteiger partial charge in [0.15, 0.2) is 0 Å². The summed E-state index contributed by atoms with van der Waals surface area (Å²) in [4.78, 5) is 0. The largest absolute Gasteiger partial charge is 1.00 e. The van der Waals surface area contributed by atoms with Crippen LogP contribution in [0.5, 0.6) is 0 Å². The Morgan fingerprint density at radius 1 is 0.615 bits per heavy atom. The molecule has 8 rings (SSSR count). The Kier molecular flexibility index (Phi) is 11.1. The van der Waals surface area contributed by atoms with Crippen molar-refractivity contribution in [2.45, 2.75) is 65.2 Å². The average molecular weight is 840 g/mol. The van der Waals surface area contributed by atoms with Gasteiger partial charge < -0.3 is 24.8 Å². The molecule has 0 fully saturated rings. The van der Waals surface area contributed by atoms with Crippen molar-refractivity contribution in [3.05, 3.63) is 168 Å². The maximum atomic E-state index is 7.06. The third-order valence-electron chi connectivity index (χ3n) is 10.6. The Hall–Kier alpha value is -2.77. The van der Waals surface area contributed by atoms with Crippen LogP contribution in [0, 0.1) is 0 Å². The van der Waals surface area contributed by atoms with E-state index in [1.807, 2.05) is 0 Å². The van der Waals surface area contributed by atoms with Crippen molar-refractivity contribution < 1.29 is 46.1 Å². The third-order valence-corrected chi connectivity index (χ3v) is 18.5. The number of fused-ring (bicyclic) bond motifs is 5. The van der Waals surface area contributed by atoms with E-state index in [1.165, 1.54) is 58.5 Å². The quantitative estimate of drug-likeness (QED) is 0.183. The van der Waals surface area contributed by atoms with Gasteiger partial charge in [0.2, 0.25) is 0 Å². The molecule has 0 saturated carbocycles. The third kappa shape index (κ3) is 7.10. The van der Waals surface area contributed by atoms with E-state index < -0.39 is 21.3 Å². The van der Waals surface area contributed by atoms with Gasteiger partial charge in [-0.15, -0.1) is 0 Å². The van der Waals surface area contributed by atoms with Crippen LogP contribution < -0.4 is 28.1 Å². The maximum Gasteiger partial charge on any atom is -1.00 e. The summed E-state index contributed by atoms with van der Waals surface area (Å²) in [6.07, 6.45) is 8.99. The predicted octanol–water partition coefficient (Wildman–Crippen LogP) is 6.83. The first-order valence-electron chi connectivity index (χ1n) is 17.7. The molecule has 0 aromatic heterocycles. The van der Waals surface area contributed by atoms with Crippen LogP contribution in [0.3, 0.4) is 0 Å². The van der Waals surface area contributed by atoms with E-state index >= 15 is 0 Å². The molecular weight excluding hydrogens is 798 g/mol. The van der Waals surface area contributed by atoms with Crippen LogP contribution in [-0.4, -0.2) is 3.21 Å². The summed E-state index contributed by atoms with van der Waals surface area (Å²) in [5.41, 5.74) is 11.1. The molecule has 0 nitrogen and oxygen atoms in total. The van der Waals surface area contributed by atoms with Gasteiger partial charge in [-0.1, -0.05) is 0 Å². The van der Waals surface area contributed by atoms with Gasteiger partial charge in [0, 0.05) is 0 Å². The van der Waals surface area contributed by atoms with Crippen molar-refractivity contribution in [1.82, 2.24) is 0 Å². The van der Waals surface area contributed by atoms with E-state index in [0.29, 0.717) is 0 Å². The zero-order valence-electron chi connectivity index (χ0n) is 30.5. The molecule has 0 saturated heterocycles. The molecule has 0 unspecified atom stereocenters. The van der Waals surface area contributed by atoms with Gasteiger partial charge in [0.1, 0.15) is 0 Å². The minimum atomic E-state index is -3.09. The summed E-state index contributed by atoms with van der Waals surface area (Å²) < 4.78 is 4.59. The number of hydrogen-bond acceptors (Lipinski definition) is 0. The first kappa shape index (κ1) is 38.9. The molecule has 0 N–H and O–H groups in total. The normalized spacial score (nSPS) is 13.2. The second-order valence-electron chi connectivity index (χ2n) is 16.0. The van der Waals surface area contributed by atoms with Crippen LogP contribution in [0.4, 0.5) is 0 Å². The van der Waals surface area contributed by atoms with Crippen molar-refractivity contribution in [2.24, 2.45) is 0 Å². The molecular formula is C47H42Cl4Zr. The molecule has 2 aliphatic rings. The molecule has 6 aromatic rings. The van der Waals surface area contributed by atoms with Gasteiger partial charge in [-0.25, -0.2) is 0 Å². The molecule has 0 spiro atoms. The molecule has 52 heavy (non-hydrogen) atoms. The van der Waals surface area contributed by atoms with Gasteiger partial charge in [0.25, 0.3) is 0 Å². The molecule has 2 aliphatic carbocycles.